The number of carbonyl (C=O) groups excluding carboxylic acids is 1. The van der Waals surface area contributed by atoms with Gasteiger partial charge in [-0.2, -0.15) is 5.10 Å². The molecule has 2 aromatic heterocycles. The van der Waals surface area contributed by atoms with Gasteiger partial charge in [-0.1, -0.05) is 19.1 Å². The third-order valence-corrected chi connectivity index (χ3v) is 5.75. The van der Waals surface area contributed by atoms with E-state index >= 15 is 0 Å². The lowest BCUT2D eigenvalue weighted by molar-refractivity contribution is 0.0583. The Bertz CT molecular complexity index is 938. The molecule has 1 aliphatic rings. The van der Waals surface area contributed by atoms with Gasteiger partial charge >= 0.3 is 0 Å². The maximum atomic E-state index is 13.0. The summed E-state index contributed by atoms with van der Waals surface area (Å²) in [6.45, 7) is 3.44. The molecule has 1 aliphatic heterocycles. The van der Waals surface area contributed by atoms with Gasteiger partial charge < -0.3 is 9.64 Å². The van der Waals surface area contributed by atoms with E-state index in [0.29, 0.717) is 24.8 Å². The number of carbonyl (C=O) groups is 1. The van der Waals surface area contributed by atoms with Crippen LogP contribution in [0.5, 0.6) is 5.88 Å². The van der Waals surface area contributed by atoms with E-state index in [4.69, 9.17) is 4.74 Å². The summed E-state index contributed by atoms with van der Waals surface area (Å²) in [7, 11) is 0. The second kappa shape index (κ2) is 9.09. The van der Waals surface area contributed by atoms with E-state index in [1.165, 1.54) is 0 Å². The van der Waals surface area contributed by atoms with Gasteiger partial charge in [0.1, 0.15) is 6.10 Å². The lowest BCUT2D eigenvalue weighted by Gasteiger charge is -2.32. The number of nitrogens with zero attached hydrogens (tertiary/aromatic N) is 5. The number of likely N-dealkylation sites (tertiary alicyclic amines) is 1. The van der Waals surface area contributed by atoms with Gasteiger partial charge in [0, 0.05) is 49.3 Å². The van der Waals surface area contributed by atoms with Crippen LogP contribution in [0.25, 0.3) is 5.82 Å². The Hall–Kier alpha value is -2.87. The number of hydrogen-bond acceptors (Lipinski definition) is 6. The van der Waals surface area contributed by atoms with Crippen molar-refractivity contribution < 1.29 is 9.53 Å². The highest BCUT2D eigenvalue weighted by Gasteiger charge is 2.26. The molecule has 0 atom stereocenters. The molecule has 1 saturated heterocycles. The maximum Gasteiger partial charge on any atom is 0.254 e. The molecule has 0 spiro atoms. The zero-order chi connectivity index (χ0) is 20.1. The first-order chi connectivity index (χ1) is 14.2. The zero-order valence-corrected chi connectivity index (χ0v) is 17.1. The van der Waals surface area contributed by atoms with Crippen molar-refractivity contribution in [3.8, 4) is 11.7 Å². The summed E-state index contributed by atoms with van der Waals surface area (Å²) in [5.74, 6) is 2.19. The van der Waals surface area contributed by atoms with Gasteiger partial charge in [0.25, 0.3) is 5.91 Å². The summed E-state index contributed by atoms with van der Waals surface area (Å²) < 4.78 is 7.63. The van der Waals surface area contributed by atoms with E-state index in [1.807, 2.05) is 47.5 Å². The average Bonchev–Trinajstić information content (AvgIpc) is 3.30. The lowest BCUT2D eigenvalue weighted by atomic mass is 10.1. The third kappa shape index (κ3) is 4.59. The first kappa shape index (κ1) is 19.4. The number of ether oxygens (including phenoxy) is 1. The van der Waals surface area contributed by atoms with E-state index in [-0.39, 0.29) is 12.0 Å². The molecule has 29 heavy (non-hydrogen) atoms. The first-order valence-corrected chi connectivity index (χ1v) is 10.7. The highest BCUT2D eigenvalue weighted by Crippen LogP contribution is 2.25. The number of hydrogen-bond donors (Lipinski definition) is 0. The summed E-state index contributed by atoms with van der Waals surface area (Å²) in [6.07, 6.45) is 5.09. The van der Waals surface area contributed by atoms with Crippen LogP contribution in [0.4, 0.5) is 0 Å². The highest BCUT2D eigenvalue weighted by atomic mass is 32.2. The molecule has 0 aliphatic carbocycles. The second-order valence-electron chi connectivity index (χ2n) is 6.72. The van der Waals surface area contributed by atoms with Gasteiger partial charge in [0.05, 0.1) is 5.56 Å². The smallest absolute Gasteiger partial charge is 0.254 e. The molecule has 0 saturated carbocycles. The molecule has 8 heteroatoms. The topological polar surface area (TPSA) is 73.1 Å². The molecule has 1 aromatic carbocycles. The Balaban J connectivity index is 1.33. The predicted octanol–water partition coefficient (Wildman–Crippen LogP) is 3.46. The minimum absolute atomic E-state index is 0.0316. The van der Waals surface area contributed by atoms with Crippen molar-refractivity contribution >= 4 is 17.7 Å². The Labute approximate surface area is 174 Å². The van der Waals surface area contributed by atoms with Gasteiger partial charge in [0.15, 0.2) is 5.82 Å². The van der Waals surface area contributed by atoms with E-state index in [1.54, 1.807) is 28.7 Å². The van der Waals surface area contributed by atoms with Crippen LogP contribution in [0.2, 0.25) is 0 Å². The SMILES string of the molecule is CCSc1ccccc1C(=O)N1CCC(Oc2ccc(-n3cccn3)nn2)CC1. The second-order valence-corrected chi connectivity index (χ2v) is 8.02. The van der Waals surface area contributed by atoms with Crippen LogP contribution in [0, 0.1) is 0 Å². The van der Waals surface area contributed by atoms with Crippen molar-refractivity contribution in [1.82, 2.24) is 24.9 Å². The molecule has 1 fully saturated rings. The van der Waals surface area contributed by atoms with E-state index in [0.717, 1.165) is 29.1 Å². The molecule has 7 nitrogen and oxygen atoms in total. The fraction of sp³-hybridized carbons (Fsp3) is 0.333. The number of benzene rings is 1. The number of thioether (sulfide) groups is 1. The molecular weight excluding hydrogens is 386 g/mol. The fourth-order valence-corrected chi connectivity index (χ4v) is 4.14. The molecule has 0 N–H and O–H groups in total. The summed E-state index contributed by atoms with van der Waals surface area (Å²) in [5.41, 5.74) is 0.791. The van der Waals surface area contributed by atoms with Crippen LogP contribution in [0.1, 0.15) is 30.1 Å². The molecule has 3 heterocycles. The number of aromatic nitrogens is 4. The number of rotatable bonds is 6. The minimum atomic E-state index is 0.0316. The van der Waals surface area contributed by atoms with Crippen molar-refractivity contribution in [3.63, 3.8) is 0 Å². The maximum absolute atomic E-state index is 13.0. The van der Waals surface area contributed by atoms with Gasteiger partial charge in [-0.15, -0.1) is 22.0 Å². The normalized spacial score (nSPS) is 14.7. The molecule has 3 aromatic rings. The Morgan fingerprint density at radius 2 is 1.97 bits per heavy atom. The van der Waals surface area contributed by atoms with Crippen molar-refractivity contribution in [3.05, 3.63) is 60.4 Å². The molecular formula is C21H23N5O2S. The van der Waals surface area contributed by atoms with Crippen molar-refractivity contribution in [2.45, 2.75) is 30.8 Å². The molecule has 150 valence electrons. The van der Waals surface area contributed by atoms with Crippen LogP contribution in [0.15, 0.2) is 59.8 Å². The standard InChI is InChI=1S/C21H23N5O2S/c1-2-29-18-7-4-3-6-17(18)21(27)25-14-10-16(11-15-25)28-20-9-8-19(23-24-20)26-13-5-12-22-26/h3-9,12-13,16H,2,10-11,14-15H2,1H3. The zero-order valence-electron chi connectivity index (χ0n) is 16.3. The molecule has 4 rings (SSSR count). The monoisotopic (exact) mass is 409 g/mol. The van der Waals surface area contributed by atoms with E-state index < -0.39 is 0 Å². The summed E-state index contributed by atoms with van der Waals surface area (Å²) >= 11 is 1.70. The molecule has 0 radical (unpaired) electrons. The fourth-order valence-electron chi connectivity index (χ4n) is 3.34. The summed E-state index contributed by atoms with van der Waals surface area (Å²) in [5, 5.41) is 12.4. The third-order valence-electron chi connectivity index (χ3n) is 4.80. The number of amides is 1. The lowest BCUT2D eigenvalue weighted by Crippen LogP contribution is -2.42. The molecule has 0 bridgehead atoms. The summed E-state index contributed by atoms with van der Waals surface area (Å²) in [6, 6.07) is 13.3. The van der Waals surface area contributed by atoms with Gasteiger partial charge in [-0.05, 0) is 30.0 Å². The Morgan fingerprint density at radius 3 is 2.66 bits per heavy atom. The Morgan fingerprint density at radius 1 is 1.14 bits per heavy atom. The first-order valence-electron chi connectivity index (χ1n) is 9.76. The predicted molar refractivity (Wildman–Crippen MR) is 112 cm³/mol. The Kier molecular flexibility index (Phi) is 6.09. The quantitative estimate of drug-likeness (QED) is 0.581. The minimum Gasteiger partial charge on any atom is -0.473 e. The van der Waals surface area contributed by atoms with Crippen LogP contribution in [-0.4, -0.2) is 55.7 Å². The van der Waals surface area contributed by atoms with Crippen LogP contribution in [-0.2, 0) is 0 Å². The molecule has 1 amide bonds. The van der Waals surface area contributed by atoms with Gasteiger partial charge in [-0.3, -0.25) is 4.79 Å². The van der Waals surface area contributed by atoms with Crippen LogP contribution < -0.4 is 4.74 Å². The summed E-state index contributed by atoms with van der Waals surface area (Å²) in [4.78, 5) is 15.9. The van der Waals surface area contributed by atoms with Gasteiger partial charge in [-0.25, -0.2) is 4.68 Å². The highest BCUT2D eigenvalue weighted by molar-refractivity contribution is 7.99. The molecule has 0 unspecified atom stereocenters. The van der Waals surface area contributed by atoms with Gasteiger partial charge in [0.2, 0.25) is 5.88 Å². The average molecular weight is 410 g/mol. The van der Waals surface area contributed by atoms with Crippen LogP contribution >= 0.6 is 11.8 Å². The van der Waals surface area contributed by atoms with Crippen molar-refractivity contribution in [1.29, 1.82) is 0 Å². The van der Waals surface area contributed by atoms with Crippen molar-refractivity contribution in [2.24, 2.45) is 0 Å². The van der Waals surface area contributed by atoms with Crippen molar-refractivity contribution in [2.75, 3.05) is 18.8 Å². The van der Waals surface area contributed by atoms with Crippen LogP contribution in [0.3, 0.4) is 0 Å². The largest absolute Gasteiger partial charge is 0.473 e. The van der Waals surface area contributed by atoms with E-state index in [9.17, 15) is 4.79 Å². The van der Waals surface area contributed by atoms with E-state index in [2.05, 4.69) is 22.2 Å². The number of piperidine rings is 1.